The van der Waals surface area contributed by atoms with Gasteiger partial charge in [-0.05, 0) is 26.8 Å². The fraction of sp³-hybridized carbons (Fsp3) is 0.769. The molecule has 0 aromatic heterocycles. The predicted molar refractivity (Wildman–Crippen MR) is 69.1 cm³/mol. The standard InChI is InChI=1S/C13H24N2O2/c1-11(9-13(16)17)10-14-7-8-15(2)12-5-3-4-6-12/h9,12,14H,3-8,10H2,1-2H3,(H,16,17). The topological polar surface area (TPSA) is 52.6 Å². The normalized spacial score (nSPS) is 17.9. The van der Waals surface area contributed by atoms with E-state index in [0.29, 0.717) is 6.54 Å². The second-order valence-electron chi connectivity index (χ2n) is 4.92. The van der Waals surface area contributed by atoms with E-state index in [9.17, 15) is 4.79 Å². The summed E-state index contributed by atoms with van der Waals surface area (Å²) in [6.07, 6.45) is 6.64. The molecule has 0 radical (unpaired) electrons. The van der Waals surface area contributed by atoms with Crippen molar-refractivity contribution in [3.8, 4) is 0 Å². The van der Waals surface area contributed by atoms with Crippen LogP contribution in [0.4, 0.5) is 0 Å². The molecule has 17 heavy (non-hydrogen) atoms. The lowest BCUT2D eigenvalue weighted by atomic mass is 10.2. The van der Waals surface area contributed by atoms with Gasteiger partial charge in [0.2, 0.25) is 0 Å². The van der Waals surface area contributed by atoms with Gasteiger partial charge >= 0.3 is 5.97 Å². The summed E-state index contributed by atoms with van der Waals surface area (Å²) in [5, 5.41) is 11.8. The summed E-state index contributed by atoms with van der Waals surface area (Å²) in [6.45, 7) is 4.44. The number of hydrogen-bond acceptors (Lipinski definition) is 3. The van der Waals surface area contributed by atoms with Crippen molar-refractivity contribution in [1.82, 2.24) is 10.2 Å². The van der Waals surface area contributed by atoms with E-state index in [1.54, 1.807) is 0 Å². The zero-order valence-electron chi connectivity index (χ0n) is 10.9. The summed E-state index contributed by atoms with van der Waals surface area (Å²) >= 11 is 0. The highest BCUT2D eigenvalue weighted by Gasteiger charge is 2.18. The Morgan fingerprint density at radius 3 is 2.71 bits per heavy atom. The Labute approximate surface area is 104 Å². The maximum absolute atomic E-state index is 10.4. The maximum Gasteiger partial charge on any atom is 0.328 e. The van der Waals surface area contributed by atoms with Crippen molar-refractivity contribution in [3.05, 3.63) is 11.6 Å². The summed E-state index contributed by atoms with van der Waals surface area (Å²) in [6, 6.07) is 0.757. The molecule has 98 valence electrons. The molecule has 4 heteroatoms. The molecule has 0 atom stereocenters. The number of carbonyl (C=O) groups is 1. The van der Waals surface area contributed by atoms with Crippen LogP contribution < -0.4 is 5.32 Å². The Bertz CT molecular complexity index is 271. The zero-order valence-corrected chi connectivity index (χ0v) is 10.9. The molecule has 1 aliphatic rings. The Hall–Kier alpha value is -0.870. The van der Waals surface area contributed by atoms with Crippen LogP contribution in [0.15, 0.2) is 11.6 Å². The number of carboxylic acid groups (broad SMARTS) is 1. The molecule has 0 unspecified atom stereocenters. The van der Waals surface area contributed by atoms with Crippen LogP contribution in [0.2, 0.25) is 0 Å². The molecule has 0 spiro atoms. The Balaban J connectivity index is 2.09. The number of hydrogen-bond donors (Lipinski definition) is 2. The Morgan fingerprint density at radius 2 is 2.12 bits per heavy atom. The van der Waals surface area contributed by atoms with Gasteiger partial charge < -0.3 is 15.3 Å². The SMILES string of the molecule is CC(=CC(=O)O)CNCCN(C)C1CCCC1. The second kappa shape index (κ2) is 7.45. The highest BCUT2D eigenvalue weighted by Crippen LogP contribution is 2.21. The van der Waals surface area contributed by atoms with Crippen molar-refractivity contribution in [3.63, 3.8) is 0 Å². The van der Waals surface area contributed by atoms with Crippen LogP contribution in [0.25, 0.3) is 0 Å². The van der Waals surface area contributed by atoms with Crippen LogP contribution in [0.5, 0.6) is 0 Å². The average Bonchev–Trinajstić information content (AvgIpc) is 2.76. The molecule has 1 fully saturated rings. The number of carboxylic acids is 1. The molecule has 0 aromatic carbocycles. The Morgan fingerprint density at radius 1 is 1.47 bits per heavy atom. The van der Waals surface area contributed by atoms with Gasteiger partial charge in [0.25, 0.3) is 0 Å². The zero-order chi connectivity index (χ0) is 12.7. The third kappa shape index (κ3) is 5.84. The minimum atomic E-state index is -0.868. The quantitative estimate of drug-likeness (QED) is 0.523. The lowest BCUT2D eigenvalue weighted by Gasteiger charge is -2.23. The van der Waals surface area contributed by atoms with Crippen molar-refractivity contribution in [1.29, 1.82) is 0 Å². The molecule has 0 bridgehead atoms. The lowest BCUT2D eigenvalue weighted by molar-refractivity contribution is -0.131. The third-order valence-electron chi connectivity index (χ3n) is 3.36. The molecule has 0 amide bonds. The van der Waals surface area contributed by atoms with Gasteiger partial charge in [-0.15, -0.1) is 0 Å². The van der Waals surface area contributed by atoms with E-state index in [2.05, 4.69) is 17.3 Å². The molecule has 4 nitrogen and oxygen atoms in total. The van der Waals surface area contributed by atoms with Gasteiger partial charge in [0, 0.05) is 31.8 Å². The summed E-state index contributed by atoms with van der Waals surface area (Å²) in [5.41, 5.74) is 0.862. The van der Waals surface area contributed by atoms with Gasteiger partial charge in [-0.2, -0.15) is 0 Å². The van der Waals surface area contributed by atoms with Crippen molar-refractivity contribution >= 4 is 5.97 Å². The predicted octanol–water partition coefficient (Wildman–Crippen LogP) is 1.48. The Kier molecular flexibility index (Phi) is 6.22. The number of rotatable bonds is 7. The highest BCUT2D eigenvalue weighted by atomic mass is 16.4. The second-order valence-corrected chi connectivity index (χ2v) is 4.92. The van der Waals surface area contributed by atoms with E-state index in [4.69, 9.17) is 5.11 Å². The molecule has 0 aliphatic heterocycles. The van der Waals surface area contributed by atoms with E-state index in [1.807, 2.05) is 6.92 Å². The summed E-state index contributed by atoms with van der Waals surface area (Å²) in [7, 11) is 2.18. The molecule has 0 heterocycles. The van der Waals surface area contributed by atoms with Crippen molar-refractivity contribution < 1.29 is 9.90 Å². The molecular formula is C13H24N2O2. The minimum absolute atomic E-state index is 0.658. The van der Waals surface area contributed by atoms with E-state index >= 15 is 0 Å². The van der Waals surface area contributed by atoms with Crippen LogP contribution in [-0.4, -0.2) is 48.7 Å². The lowest BCUT2D eigenvalue weighted by Crippen LogP contribution is -2.35. The average molecular weight is 240 g/mol. The molecule has 2 N–H and O–H groups in total. The van der Waals surface area contributed by atoms with Gasteiger partial charge in [0.15, 0.2) is 0 Å². The number of aliphatic carboxylic acids is 1. The van der Waals surface area contributed by atoms with Gasteiger partial charge in [0.05, 0.1) is 0 Å². The van der Waals surface area contributed by atoms with Crippen LogP contribution >= 0.6 is 0 Å². The van der Waals surface area contributed by atoms with Gasteiger partial charge in [0.1, 0.15) is 0 Å². The van der Waals surface area contributed by atoms with E-state index in [1.165, 1.54) is 31.8 Å². The first-order valence-corrected chi connectivity index (χ1v) is 6.40. The van der Waals surface area contributed by atoms with Crippen molar-refractivity contribution in [2.45, 2.75) is 38.6 Å². The van der Waals surface area contributed by atoms with Gasteiger partial charge in [-0.3, -0.25) is 0 Å². The van der Waals surface area contributed by atoms with E-state index < -0.39 is 5.97 Å². The van der Waals surface area contributed by atoms with E-state index in [-0.39, 0.29) is 0 Å². The fourth-order valence-electron chi connectivity index (χ4n) is 2.33. The number of nitrogens with one attached hydrogen (secondary N) is 1. The summed E-state index contributed by atoms with van der Waals surface area (Å²) < 4.78 is 0. The number of likely N-dealkylation sites (N-methyl/N-ethyl adjacent to an activating group) is 1. The van der Waals surface area contributed by atoms with Crippen molar-refractivity contribution in [2.24, 2.45) is 0 Å². The van der Waals surface area contributed by atoms with Crippen LogP contribution in [0.1, 0.15) is 32.6 Å². The molecule has 1 rings (SSSR count). The maximum atomic E-state index is 10.4. The highest BCUT2D eigenvalue weighted by molar-refractivity contribution is 5.80. The molecule has 1 aliphatic carbocycles. The van der Waals surface area contributed by atoms with Gasteiger partial charge in [-0.25, -0.2) is 4.79 Å². The van der Waals surface area contributed by atoms with Gasteiger partial charge in [-0.1, -0.05) is 18.4 Å². The fourth-order valence-corrected chi connectivity index (χ4v) is 2.33. The molecule has 1 saturated carbocycles. The van der Waals surface area contributed by atoms with E-state index in [0.717, 1.165) is 24.7 Å². The van der Waals surface area contributed by atoms with Crippen LogP contribution in [0, 0.1) is 0 Å². The smallest absolute Gasteiger partial charge is 0.328 e. The summed E-state index contributed by atoms with van der Waals surface area (Å²) in [4.78, 5) is 12.8. The molecule has 0 aromatic rings. The number of nitrogens with zero attached hydrogens (tertiary/aromatic N) is 1. The monoisotopic (exact) mass is 240 g/mol. The first kappa shape index (κ1) is 14.2. The molecular weight excluding hydrogens is 216 g/mol. The van der Waals surface area contributed by atoms with Crippen LogP contribution in [-0.2, 0) is 4.79 Å². The largest absolute Gasteiger partial charge is 0.478 e. The summed E-state index contributed by atoms with van der Waals surface area (Å²) in [5.74, 6) is -0.868. The first-order chi connectivity index (χ1) is 8.09. The van der Waals surface area contributed by atoms with Crippen LogP contribution in [0.3, 0.4) is 0 Å². The first-order valence-electron chi connectivity index (χ1n) is 6.40. The van der Waals surface area contributed by atoms with Crippen molar-refractivity contribution in [2.75, 3.05) is 26.7 Å². The molecule has 0 saturated heterocycles. The third-order valence-corrected chi connectivity index (χ3v) is 3.36. The minimum Gasteiger partial charge on any atom is -0.478 e.